The second kappa shape index (κ2) is 7.44. The lowest BCUT2D eigenvalue weighted by molar-refractivity contribution is 0.0499. The number of carbonyl (C=O) groups is 1. The fourth-order valence-electron chi connectivity index (χ4n) is 2.23. The Morgan fingerprint density at radius 2 is 2.25 bits per heavy atom. The van der Waals surface area contributed by atoms with Crippen molar-refractivity contribution in [3.8, 4) is 11.8 Å². The van der Waals surface area contributed by atoms with E-state index in [1.807, 2.05) is 13.1 Å². The van der Waals surface area contributed by atoms with Gasteiger partial charge in [0.2, 0.25) is 0 Å². The Kier molecular flexibility index (Phi) is 5.60. The van der Waals surface area contributed by atoms with E-state index in [1.165, 1.54) is 11.3 Å². The van der Waals surface area contributed by atoms with Gasteiger partial charge in [0.05, 0.1) is 9.75 Å². The lowest BCUT2D eigenvalue weighted by atomic mass is 10.00. The van der Waals surface area contributed by atoms with Gasteiger partial charge in [0.15, 0.2) is 0 Å². The molecule has 4 nitrogen and oxygen atoms in total. The second-order valence-electron chi connectivity index (χ2n) is 4.87. The van der Waals surface area contributed by atoms with Crippen molar-refractivity contribution in [2.75, 3.05) is 33.4 Å². The maximum Gasteiger partial charge on any atom is 0.263 e. The molecule has 20 heavy (non-hydrogen) atoms. The van der Waals surface area contributed by atoms with Crippen LogP contribution in [0.1, 0.15) is 27.4 Å². The van der Waals surface area contributed by atoms with E-state index in [-0.39, 0.29) is 12.5 Å². The summed E-state index contributed by atoms with van der Waals surface area (Å²) in [5, 5.41) is 8.66. The molecule has 2 heterocycles. The summed E-state index contributed by atoms with van der Waals surface area (Å²) in [6.45, 7) is 2.21. The molecule has 0 saturated carbocycles. The van der Waals surface area contributed by atoms with Crippen molar-refractivity contribution < 1.29 is 14.6 Å². The first-order chi connectivity index (χ1) is 9.70. The van der Waals surface area contributed by atoms with Crippen LogP contribution in [0.15, 0.2) is 12.1 Å². The van der Waals surface area contributed by atoms with Crippen LogP contribution in [0.5, 0.6) is 0 Å². The van der Waals surface area contributed by atoms with Crippen LogP contribution in [0, 0.1) is 17.8 Å². The van der Waals surface area contributed by atoms with Gasteiger partial charge in [-0.25, -0.2) is 0 Å². The predicted molar refractivity (Wildman–Crippen MR) is 78.8 cm³/mol. The Bertz CT molecular complexity index is 509. The summed E-state index contributed by atoms with van der Waals surface area (Å²) in [7, 11) is 1.84. The van der Waals surface area contributed by atoms with Crippen LogP contribution in [0.25, 0.3) is 0 Å². The van der Waals surface area contributed by atoms with Gasteiger partial charge >= 0.3 is 0 Å². The Hall–Kier alpha value is -1.35. The third-order valence-corrected chi connectivity index (χ3v) is 4.32. The molecule has 0 aliphatic carbocycles. The highest BCUT2D eigenvalue weighted by Crippen LogP contribution is 2.20. The standard InChI is InChI=1S/C15H19NO3S/c1-16(11-12-6-9-19-10-7-12)15(18)14-5-4-13(20-14)3-2-8-17/h4-5,12,17H,6-11H2,1H3. The van der Waals surface area contributed by atoms with Gasteiger partial charge in [-0.2, -0.15) is 0 Å². The van der Waals surface area contributed by atoms with Crippen molar-refractivity contribution in [1.29, 1.82) is 0 Å². The SMILES string of the molecule is CN(CC1CCOCC1)C(=O)c1ccc(C#CCO)s1. The zero-order chi connectivity index (χ0) is 14.4. The number of amides is 1. The topological polar surface area (TPSA) is 49.8 Å². The highest BCUT2D eigenvalue weighted by atomic mass is 32.1. The number of hydrogen-bond donors (Lipinski definition) is 1. The Morgan fingerprint density at radius 1 is 1.50 bits per heavy atom. The fraction of sp³-hybridized carbons (Fsp3) is 0.533. The maximum atomic E-state index is 12.3. The van der Waals surface area contributed by atoms with E-state index >= 15 is 0 Å². The van der Waals surface area contributed by atoms with Crippen LogP contribution in [0.3, 0.4) is 0 Å². The van der Waals surface area contributed by atoms with E-state index in [2.05, 4.69) is 11.8 Å². The maximum absolute atomic E-state index is 12.3. The first-order valence-corrected chi connectivity index (χ1v) is 7.55. The summed E-state index contributed by atoms with van der Waals surface area (Å²) in [6.07, 6.45) is 2.05. The lowest BCUT2D eigenvalue weighted by Gasteiger charge is -2.26. The van der Waals surface area contributed by atoms with Crippen molar-refractivity contribution in [3.63, 3.8) is 0 Å². The largest absolute Gasteiger partial charge is 0.384 e. The minimum atomic E-state index is -0.162. The van der Waals surface area contributed by atoms with E-state index in [0.717, 1.165) is 37.5 Å². The third-order valence-electron chi connectivity index (χ3n) is 3.33. The summed E-state index contributed by atoms with van der Waals surface area (Å²) in [5.41, 5.74) is 0. The van der Waals surface area contributed by atoms with Crippen LogP contribution >= 0.6 is 11.3 Å². The summed E-state index contributed by atoms with van der Waals surface area (Å²) in [5.74, 6) is 5.98. The summed E-state index contributed by atoms with van der Waals surface area (Å²) >= 11 is 1.37. The molecule has 1 fully saturated rings. The van der Waals surface area contributed by atoms with Crippen LogP contribution in [-0.2, 0) is 4.74 Å². The summed E-state index contributed by atoms with van der Waals surface area (Å²) in [6, 6.07) is 3.62. The van der Waals surface area contributed by atoms with Crippen LogP contribution in [-0.4, -0.2) is 49.3 Å². The minimum absolute atomic E-state index is 0.0403. The number of hydrogen-bond acceptors (Lipinski definition) is 4. The van der Waals surface area contributed by atoms with Gasteiger partial charge in [0.1, 0.15) is 6.61 Å². The predicted octanol–water partition coefficient (Wildman–Crippen LogP) is 1.59. The van der Waals surface area contributed by atoms with Crippen molar-refractivity contribution in [3.05, 3.63) is 21.9 Å². The third kappa shape index (κ3) is 4.07. The average molecular weight is 293 g/mol. The molecular weight excluding hydrogens is 274 g/mol. The molecule has 0 atom stereocenters. The van der Waals surface area contributed by atoms with Crippen molar-refractivity contribution in [2.45, 2.75) is 12.8 Å². The van der Waals surface area contributed by atoms with Crippen LogP contribution in [0.2, 0.25) is 0 Å². The van der Waals surface area contributed by atoms with Crippen LogP contribution < -0.4 is 0 Å². The van der Waals surface area contributed by atoms with E-state index < -0.39 is 0 Å². The molecule has 2 rings (SSSR count). The molecule has 0 aromatic carbocycles. The molecule has 108 valence electrons. The van der Waals surface area contributed by atoms with Crippen LogP contribution in [0.4, 0.5) is 0 Å². The molecule has 1 N–H and O–H groups in total. The molecule has 1 aromatic rings. The first-order valence-electron chi connectivity index (χ1n) is 6.73. The second-order valence-corrected chi connectivity index (χ2v) is 5.95. The van der Waals surface area contributed by atoms with Gasteiger partial charge < -0.3 is 14.7 Å². The van der Waals surface area contributed by atoms with Crippen molar-refractivity contribution in [1.82, 2.24) is 4.90 Å². The van der Waals surface area contributed by atoms with Gasteiger partial charge in [0.25, 0.3) is 5.91 Å². The zero-order valence-corrected chi connectivity index (χ0v) is 12.4. The van der Waals surface area contributed by atoms with Gasteiger partial charge in [-0.15, -0.1) is 11.3 Å². The van der Waals surface area contributed by atoms with Gasteiger partial charge in [0, 0.05) is 26.8 Å². The first kappa shape index (κ1) is 15.0. The molecule has 0 bridgehead atoms. The number of ether oxygens (including phenoxy) is 1. The molecule has 1 aliphatic rings. The number of rotatable bonds is 3. The molecule has 5 heteroatoms. The molecule has 0 radical (unpaired) electrons. The molecule has 0 unspecified atom stereocenters. The number of nitrogens with zero attached hydrogens (tertiary/aromatic N) is 1. The number of aliphatic hydroxyl groups is 1. The summed E-state index contributed by atoms with van der Waals surface area (Å²) < 4.78 is 5.33. The highest BCUT2D eigenvalue weighted by molar-refractivity contribution is 7.14. The Balaban J connectivity index is 1.93. The average Bonchev–Trinajstić information content (AvgIpc) is 2.94. The Morgan fingerprint density at radius 3 is 2.95 bits per heavy atom. The zero-order valence-electron chi connectivity index (χ0n) is 11.6. The monoisotopic (exact) mass is 293 g/mol. The van der Waals surface area contributed by atoms with Gasteiger partial charge in [-0.05, 0) is 30.9 Å². The normalized spacial score (nSPS) is 15.5. The van der Waals surface area contributed by atoms with Crippen molar-refractivity contribution >= 4 is 17.2 Å². The van der Waals surface area contributed by atoms with Gasteiger partial charge in [-0.1, -0.05) is 11.8 Å². The van der Waals surface area contributed by atoms with E-state index in [9.17, 15) is 4.79 Å². The molecular formula is C15H19NO3S. The lowest BCUT2D eigenvalue weighted by Crippen LogP contribution is -2.33. The van der Waals surface area contributed by atoms with E-state index in [4.69, 9.17) is 9.84 Å². The highest BCUT2D eigenvalue weighted by Gasteiger charge is 2.20. The number of aliphatic hydroxyl groups excluding tert-OH is 1. The van der Waals surface area contributed by atoms with E-state index in [0.29, 0.717) is 10.8 Å². The van der Waals surface area contributed by atoms with Gasteiger partial charge in [-0.3, -0.25) is 4.79 Å². The summed E-state index contributed by atoms with van der Waals surface area (Å²) in [4.78, 5) is 15.6. The number of carbonyl (C=O) groups excluding carboxylic acids is 1. The molecule has 1 aromatic heterocycles. The number of thiophene rings is 1. The fourth-order valence-corrected chi connectivity index (χ4v) is 3.11. The van der Waals surface area contributed by atoms with Crippen molar-refractivity contribution in [2.24, 2.45) is 5.92 Å². The minimum Gasteiger partial charge on any atom is -0.384 e. The Labute approximate surface area is 123 Å². The van der Waals surface area contributed by atoms with E-state index in [1.54, 1.807) is 11.0 Å². The molecule has 1 amide bonds. The molecule has 0 spiro atoms. The molecule has 1 saturated heterocycles. The quantitative estimate of drug-likeness (QED) is 0.861. The smallest absolute Gasteiger partial charge is 0.263 e. The molecule has 1 aliphatic heterocycles.